The SMILES string of the molecule is CCCC(CS)SCCS.NCCCNCCCN.SCCSc1ccccc1S. The van der Waals surface area contributed by atoms with Crippen LogP contribution in [-0.2, 0) is 0 Å². The van der Waals surface area contributed by atoms with Crippen LogP contribution in [0.1, 0.15) is 32.6 Å². The summed E-state index contributed by atoms with van der Waals surface area (Å²) in [7, 11) is 0. The molecule has 0 fully saturated rings. The first kappa shape index (κ1) is 33.4. The molecule has 5 N–H and O–H groups in total. The molecule has 0 aromatic heterocycles. The lowest BCUT2D eigenvalue weighted by atomic mass is 10.3. The van der Waals surface area contributed by atoms with Crippen molar-refractivity contribution in [1.82, 2.24) is 5.32 Å². The Bertz CT molecular complexity index is 449. The lowest BCUT2D eigenvalue weighted by Crippen LogP contribution is -2.21. The van der Waals surface area contributed by atoms with Crippen molar-refractivity contribution < 1.29 is 0 Å². The molecule has 178 valence electrons. The zero-order valence-corrected chi connectivity index (χ0v) is 23.5. The summed E-state index contributed by atoms with van der Waals surface area (Å²) in [4.78, 5) is 2.30. The normalized spacial score (nSPS) is 11.2. The highest BCUT2D eigenvalue weighted by Gasteiger charge is 2.03. The Hall–Kier alpha value is 1.20. The molecule has 9 heteroatoms. The summed E-state index contributed by atoms with van der Waals surface area (Å²) in [6.07, 6.45) is 4.68. The number of nitrogens with one attached hydrogen (secondary N) is 1. The molecular weight excluding hydrogens is 487 g/mol. The van der Waals surface area contributed by atoms with Crippen molar-refractivity contribution in [1.29, 1.82) is 0 Å². The van der Waals surface area contributed by atoms with Gasteiger partial charge in [0.15, 0.2) is 0 Å². The van der Waals surface area contributed by atoms with E-state index < -0.39 is 0 Å². The van der Waals surface area contributed by atoms with Gasteiger partial charge in [0.2, 0.25) is 0 Å². The Kier molecular flexibility index (Phi) is 31.4. The van der Waals surface area contributed by atoms with Crippen LogP contribution in [0.25, 0.3) is 0 Å². The average Bonchev–Trinajstić information content (AvgIpc) is 2.77. The zero-order chi connectivity index (χ0) is 22.9. The molecule has 0 radical (unpaired) electrons. The minimum absolute atomic E-state index is 0.750. The van der Waals surface area contributed by atoms with E-state index in [1.54, 1.807) is 11.8 Å². The summed E-state index contributed by atoms with van der Waals surface area (Å²) in [5, 5.41) is 3.98. The van der Waals surface area contributed by atoms with Crippen LogP contribution >= 0.6 is 74.0 Å². The number of benzene rings is 1. The molecule has 30 heavy (non-hydrogen) atoms. The van der Waals surface area contributed by atoms with E-state index in [0.717, 1.165) is 77.9 Å². The molecule has 1 unspecified atom stereocenters. The van der Waals surface area contributed by atoms with Crippen molar-refractivity contribution in [3.63, 3.8) is 0 Å². The molecule has 0 spiro atoms. The molecule has 3 nitrogen and oxygen atoms in total. The van der Waals surface area contributed by atoms with Gasteiger partial charge in [0.05, 0.1) is 0 Å². The van der Waals surface area contributed by atoms with Gasteiger partial charge in [-0.2, -0.15) is 49.6 Å². The Morgan fingerprint density at radius 1 is 0.967 bits per heavy atom. The first-order chi connectivity index (χ1) is 14.6. The van der Waals surface area contributed by atoms with Gasteiger partial charge in [-0.05, 0) is 69.1 Å². The van der Waals surface area contributed by atoms with E-state index >= 15 is 0 Å². The van der Waals surface area contributed by atoms with E-state index in [1.165, 1.54) is 17.7 Å². The maximum Gasteiger partial charge on any atom is 0.0206 e. The van der Waals surface area contributed by atoms with Crippen LogP contribution < -0.4 is 16.8 Å². The van der Waals surface area contributed by atoms with Gasteiger partial charge in [0.1, 0.15) is 0 Å². The fourth-order valence-electron chi connectivity index (χ4n) is 2.08. The van der Waals surface area contributed by atoms with Gasteiger partial charge in [-0.3, -0.25) is 0 Å². The van der Waals surface area contributed by atoms with Crippen molar-refractivity contribution in [2.24, 2.45) is 11.5 Å². The third kappa shape index (κ3) is 23.9. The Labute approximate surface area is 216 Å². The van der Waals surface area contributed by atoms with Crippen LogP contribution in [0.5, 0.6) is 0 Å². The van der Waals surface area contributed by atoms with Gasteiger partial charge in [0.25, 0.3) is 0 Å². The summed E-state index contributed by atoms with van der Waals surface area (Å²) in [6.45, 7) is 5.82. The third-order valence-electron chi connectivity index (χ3n) is 3.59. The smallest absolute Gasteiger partial charge is 0.0206 e. The number of thiol groups is 4. The molecule has 1 atom stereocenters. The van der Waals surface area contributed by atoms with Gasteiger partial charge in [-0.1, -0.05) is 25.5 Å². The Morgan fingerprint density at radius 3 is 2.03 bits per heavy atom. The quantitative estimate of drug-likeness (QED) is 0.0988. The summed E-state index contributed by atoms with van der Waals surface area (Å²) in [5.74, 6) is 5.10. The van der Waals surface area contributed by atoms with Crippen LogP contribution in [0.3, 0.4) is 0 Å². The minimum atomic E-state index is 0.750. The highest BCUT2D eigenvalue weighted by Crippen LogP contribution is 2.24. The molecule has 0 aliphatic rings. The molecule has 1 aromatic rings. The van der Waals surface area contributed by atoms with Gasteiger partial charge in [-0.15, -0.1) is 24.4 Å². The van der Waals surface area contributed by atoms with Crippen molar-refractivity contribution in [3.8, 4) is 0 Å². The van der Waals surface area contributed by atoms with E-state index in [9.17, 15) is 0 Å². The lowest BCUT2D eigenvalue weighted by molar-refractivity contribution is 0.631. The Morgan fingerprint density at radius 2 is 1.57 bits per heavy atom. The minimum Gasteiger partial charge on any atom is -0.330 e. The van der Waals surface area contributed by atoms with Crippen LogP contribution in [0.4, 0.5) is 0 Å². The number of hydrogen-bond acceptors (Lipinski definition) is 9. The fraction of sp³-hybridized carbons (Fsp3) is 0.714. The molecule has 0 bridgehead atoms. The third-order valence-corrected chi connectivity index (χ3v) is 8.26. The first-order valence-electron chi connectivity index (χ1n) is 10.6. The number of thioether (sulfide) groups is 2. The predicted molar refractivity (Wildman–Crippen MR) is 157 cm³/mol. The van der Waals surface area contributed by atoms with Crippen molar-refractivity contribution in [2.75, 3.05) is 54.9 Å². The monoisotopic (exact) mass is 529 g/mol. The molecular formula is C21H43N3S6. The summed E-state index contributed by atoms with van der Waals surface area (Å²) >= 11 is 20.7. The van der Waals surface area contributed by atoms with Gasteiger partial charge in [-0.25, -0.2) is 0 Å². The summed E-state index contributed by atoms with van der Waals surface area (Å²) in [6, 6.07) is 8.11. The van der Waals surface area contributed by atoms with Crippen molar-refractivity contribution in [3.05, 3.63) is 24.3 Å². The fourth-order valence-corrected chi connectivity index (χ4v) is 5.17. The van der Waals surface area contributed by atoms with Gasteiger partial charge < -0.3 is 16.8 Å². The maximum atomic E-state index is 5.28. The van der Waals surface area contributed by atoms with E-state index in [4.69, 9.17) is 11.5 Å². The molecule has 0 aliphatic carbocycles. The standard InChI is InChI=1S/C8H10S3.C7H16S3.C6H17N3/c9-5-6-11-8-4-2-1-3-7(8)10;1-2-3-7(6-9)10-5-4-8;7-3-1-5-9-6-2-4-8/h1-4,9-10H,5-6H2;7-9H,2-6H2,1H3;9H,1-8H2. The second-order valence-corrected chi connectivity index (χ2v) is 10.5. The van der Waals surface area contributed by atoms with Crippen LogP contribution in [-0.4, -0.2) is 60.2 Å². The van der Waals surface area contributed by atoms with Crippen LogP contribution in [0, 0.1) is 0 Å². The average molecular weight is 530 g/mol. The molecule has 0 saturated carbocycles. The van der Waals surface area contributed by atoms with Gasteiger partial charge in [0, 0.05) is 32.3 Å². The largest absolute Gasteiger partial charge is 0.330 e. The highest BCUT2D eigenvalue weighted by atomic mass is 32.2. The second kappa shape index (κ2) is 28.2. The molecule has 0 heterocycles. The lowest BCUT2D eigenvalue weighted by Gasteiger charge is -2.10. The highest BCUT2D eigenvalue weighted by molar-refractivity contribution is 8.01. The number of hydrogen-bond donors (Lipinski definition) is 7. The summed E-state index contributed by atoms with van der Waals surface area (Å²) < 4.78 is 0. The van der Waals surface area contributed by atoms with E-state index in [0.29, 0.717) is 0 Å². The Balaban J connectivity index is 0. The number of nitrogens with two attached hydrogens (primary N) is 2. The zero-order valence-electron chi connectivity index (χ0n) is 18.3. The summed E-state index contributed by atoms with van der Waals surface area (Å²) in [5.41, 5.74) is 10.6. The number of rotatable bonds is 15. The first-order valence-corrected chi connectivity index (χ1v) is 14.9. The molecule has 1 aromatic carbocycles. The van der Waals surface area contributed by atoms with Crippen molar-refractivity contribution in [2.45, 2.75) is 47.6 Å². The second-order valence-electron chi connectivity index (χ2n) is 6.26. The van der Waals surface area contributed by atoms with E-state index in [2.05, 4.69) is 68.8 Å². The molecule has 0 aliphatic heterocycles. The van der Waals surface area contributed by atoms with E-state index in [1.807, 2.05) is 30.0 Å². The van der Waals surface area contributed by atoms with Crippen LogP contribution in [0.2, 0.25) is 0 Å². The molecule has 0 saturated heterocycles. The topological polar surface area (TPSA) is 64.1 Å². The van der Waals surface area contributed by atoms with E-state index in [-0.39, 0.29) is 0 Å². The maximum absolute atomic E-state index is 5.28. The predicted octanol–water partition coefficient (Wildman–Crippen LogP) is 5.02. The van der Waals surface area contributed by atoms with Gasteiger partial charge >= 0.3 is 0 Å². The molecule has 1 rings (SSSR count). The van der Waals surface area contributed by atoms with Crippen molar-refractivity contribution >= 4 is 74.0 Å². The molecule has 0 amide bonds. The van der Waals surface area contributed by atoms with Crippen LogP contribution in [0.15, 0.2) is 34.1 Å².